The van der Waals surface area contributed by atoms with Crippen LogP contribution in [0.2, 0.25) is 0 Å². The summed E-state index contributed by atoms with van der Waals surface area (Å²) in [5.74, 6) is 2.69. The molecule has 0 radical (unpaired) electrons. The minimum absolute atomic E-state index is 0.153. The highest BCUT2D eigenvalue weighted by molar-refractivity contribution is 5.05. The molecule has 1 unspecified atom stereocenters. The minimum Gasteiger partial charge on any atom is -0.383 e. The third-order valence-electron chi connectivity index (χ3n) is 5.07. The molecule has 0 aromatic carbocycles. The van der Waals surface area contributed by atoms with Gasteiger partial charge in [-0.15, -0.1) is 0 Å². The predicted octanol–water partition coefficient (Wildman–Crippen LogP) is 1.86. The Balaban J connectivity index is 1.72. The lowest BCUT2D eigenvalue weighted by atomic mass is 9.90. The van der Waals surface area contributed by atoms with E-state index in [0.29, 0.717) is 0 Å². The second-order valence-corrected chi connectivity index (χ2v) is 6.81. The average molecular weight is 252 g/mol. The maximum absolute atomic E-state index is 6.21. The molecule has 0 bridgehead atoms. The Bertz CT molecular complexity index is 270. The number of methoxy groups -OCH3 is 1. The zero-order chi connectivity index (χ0) is 12.6. The Kier molecular flexibility index (Phi) is 3.65. The molecule has 18 heavy (non-hydrogen) atoms. The minimum atomic E-state index is 0.153. The van der Waals surface area contributed by atoms with Crippen molar-refractivity contribution in [3.8, 4) is 0 Å². The number of rotatable bonds is 9. The third-order valence-corrected chi connectivity index (χ3v) is 5.07. The van der Waals surface area contributed by atoms with Crippen LogP contribution in [0, 0.1) is 17.8 Å². The van der Waals surface area contributed by atoms with E-state index in [-0.39, 0.29) is 5.54 Å². The number of hydrogen-bond acceptors (Lipinski definition) is 3. The molecule has 0 heterocycles. The van der Waals surface area contributed by atoms with Gasteiger partial charge in [-0.1, -0.05) is 0 Å². The van der Waals surface area contributed by atoms with E-state index in [1.807, 2.05) is 7.11 Å². The highest BCUT2D eigenvalue weighted by atomic mass is 16.5. The zero-order valence-corrected chi connectivity index (χ0v) is 11.7. The topological polar surface area (TPSA) is 38.5 Å². The van der Waals surface area contributed by atoms with Crippen LogP contribution in [0.5, 0.6) is 0 Å². The van der Waals surface area contributed by atoms with Gasteiger partial charge in [-0.2, -0.15) is 0 Å². The first-order valence-corrected chi connectivity index (χ1v) is 7.72. The molecule has 3 heteroatoms. The van der Waals surface area contributed by atoms with Gasteiger partial charge in [0.05, 0.1) is 12.1 Å². The maximum Gasteiger partial charge on any atom is 0.0661 e. The molecule has 3 aliphatic carbocycles. The fraction of sp³-hybridized carbons (Fsp3) is 1.00. The fourth-order valence-electron chi connectivity index (χ4n) is 3.35. The van der Waals surface area contributed by atoms with Crippen molar-refractivity contribution < 1.29 is 4.74 Å². The van der Waals surface area contributed by atoms with Gasteiger partial charge in [-0.05, 0) is 56.3 Å². The second kappa shape index (κ2) is 5.10. The highest BCUT2D eigenvalue weighted by Crippen LogP contribution is 2.46. The SMILES string of the molecule is COCC(CN)(C1CC1)N(CC1CC1)CC1CC1. The summed E-state index contributed by atoms with van der Waals surface area (Å²) < 4.78 is 5.56. The van der Waals surface area contributed by atoms with Gasteiger partial charge in [0, 0.05) is 26.7 Å². The summed E-state index contributed by atoms with van der Waals surface area (Å²) in [6.07, 6.45) is 8.43. The summed E-state index contributed by atoms with van der Waals surface area (Å²) in [6.45, 7) is 4.14. The summed E-state index contributed by atoms with van der Waals surface area (Å²) in [5.41, 5.74) is 6.36. The van der Waals surface area contributed by atoms with Gasteiger partial charge in [0.25, 0.3) is 0 Å². The summed E-state index contributed by atoms with van der Waals surface area (Å²) in [5, 5.41) is 0. The summed E-state index contributed by atoms with van der Waals surface area (Å²) in [6, 6.07) is 0. The fourth-order valence-corrected chi connectivity index (χ4v) is 3.35. The molecule has 3 fully saturated rings. The van der Waals surface area contributed by atoms with E-state index in [2.05, 4.69) is 4.90 Å². The van der Waals surface area contributed by atoms with Gasteiger partial charge in [0.1, 0.15) is 0 Å². The van der Waals surface area contributed by atoms with Gasteiger partial charge < -0.3 is 10.5 Å². The summed E-state index contributed by atoms with van der Waals surface area (Å²) in [4.78, 5) is 2.74. The number of nitrogens with zero attached hydrogens (tertiary/aromatic N) is 1. The lowest BCUT2D eigenvalue weighted by Gasteiger charge is -2.44. The van der Waals surface area contributed by atoms with Crippen LogP contribution in [0.3, 0.4) is 0 Å². The van der Waals surface area contributed by atoms with E-state index in [0.717, 1.165) is 30.9 Å². The Labute approximate surface area is 111 Å². The first-order chi connectivity index (χ1) is 8.78. The van der Waals surface area contributed by atoms with Crippen molar-refractivity contribution >= 4 is 0 Å². The summed E-state index contributed by atoms with van der Waals surface area (Å²) >= 11 is 0. The van der Waals surface area contributed by atoms with Gasteiger partial charge in [0.2, 0.25) is 0 Å². The number of hydrogen-bond donors (Lipinski definition) is 1. The Morgan fingerprint density at radius 1 is 1.06 bits per heavy atom. The molecule has 0 aromatic heterocycles. The molecule has 0 spiro atoms. The van der Waals surface area contributed by atoms with Gasteiger partial charge in [-0.3, -0.25) is 4.90 Å². The van der Waals surface area contributed by atoms with Crippen LogP contribution in [0.1, 0.15) is 38.5 Å². The molecule has 0 saturated heterocycles. The van der Waals surface area contributed by atoms with Crippen molar-refractivity contribution in [2.45, 2.75) is 44.1 Å². The van der Waals surface area contributed by atoms with E-state index < -0.39 is 0 Å². The predicted molar refractivity (Wildman–Crippen MR) is 73.4 cm³/mol. The third kappa shape index (κ3) is 2.73. The molecule has 2 N–H and O–H groups in total. The quantitative estimate of drug-likeness (QED) is 0.681. The van der Waals surface area contributed by atoms with E-state index in [1.54, 1.807) is 0 Å². The van der Waals surface area contributed by atoms with Gasteiger partial charge in [-0.25, -0.2) is 0 Å². The molecule has 3 rings (SSSR count). The normalized spacial score (nSPS) is 27.5. The van der Waals surface area contributed by atoms with Crippen LogP contribution >= 0.6 is 0 Å². The van der Waals surface area contributed by atoms with Gasteiger partial charge >= 0.3 is 0 Å². The van der Waals surface area contributed by atoms with Crippen molar-refractivity contribution in [1.82, 2.24) is 4.90 Å². The summed E-state index contributed by atoms with van der Waals surface area (Å²) in [7, 11) is 1.83. The molecule has 3 nitrogen and oxygen atoms in total. The molecule has 0 amide bonds. The first kappa shape index (κ1) is 12.9. The lowest BCUT2D eigenvalue weighted by molar-refractivity contribution is -0.00648. The standard InChI is InChI=1S/C15H28N2O/c1-18-11-15(10-16,14-6-7-14)17(8-12-2-3-12)9-13-4-5-13/h12-14H,2-11,16H2,1H3. The highest BCUT2D eigenvalue weighted by Gasteiger charge is 2.50. The largest absolute Gasteiger partial charge is 0.383 e. The Morgan fingerprint density at radius 2 is 1.61 bits per heavy atom. The van der Waals surface area contributed by atoms with Crippen molar-refractivity contribution in [2.24, 2.45) is 23.5 Å². The van der Waals surface area contributed by atoms with Crippen LogP contribution < -0.4 is 5.73 Å². The van der Waals surface area contributed by atoms with Crippen LogP contribution in [-0.4, -0.2) is 43.8 Å². The molecular formula is C15H28N2O. The molecule has 3 aliphatic rings. The van der Waals surface area contributed by atoms with Crippen molar-refractivity contribution in [1.29, 1.82) is 0 Å². The van der Waals surface area contributed by atoms with Crippen molar-refractivity contribution in [3.05, 3.63) is 0 Å². The lowest BCUT2D eigenvalue weighted by Crippen LogP contribution is -2.59. The van der Waals surface area contributed by atoms with Gasteiger partial charge in [0.15, 0.2) is 0 Å². The number of nitrogens with two attached hydrogens (primary N) is 1. The number of ether oxygens (including phenoxy) is 1. The Hall–Kier alpha value is -0.120. The van der Waals surface area contributed by atoms with E-state index in [4.69, 9.17) is 10.5 Å². The molecule has 0 aromatic rings. The molecule has 1 atom stereocenters. The average Bonchev–Trinajstić information content (AvgIpc) is 3.22. The zero-order valence-electron chi connectivity index (χ0n) is 11.7. The molecular weight excluding hydrogens is 224 g/mol. The molecule has 104 valence electrons. The maximum atomic E-state index is 6.21. The van der Waals surface area contributed by atoms with Crippen LogP contribution in [0.15, 0.2) is 0 Å². The van der Waals surface area contributed by atoms with Crippen LogP contribution in [-0.2, 0) is 4.74 Å². The molecule has 3 saturated carbocycles. The van der Waals surface area contributed by atoms with Crippen molar-refractivity contribution in [3.63, 3.8) is 0 Å². The second-order valence-electron chi connectivity index (χ2n) is 6.81. The van der Waals surface area contributed by atoms with E-state index in [9.17, 15) is 0 Å². The smallest absolute Gasteiger partial charge is 0.0661 e. The monoisotopic (exact) mass is 252 g/mol. The molecule has 0 aliphatic heterocycles. The first-order valence-electron chi connectivity index (χ1n) is 7.72. The van der Waals surface area contributed by atoms with E-state index in [1.165, 1.54) is 51.6 Å². The Morgan fingerprint density at radius 3 is 1.94 bits per heavy atom. The van der Waals surface area contributed by atoms with Crippen LogP contribution in [0.25, 0.3) is 0 Å². The van der Waals surface area contributed by atoms with Crippen molar-refractivity contribution in [2.75, 3.05) is 33.4 Å². The van der Waals surface area contributed by atoms with E-state index >= 15 is 0 Å². The van der Waals surface area contributed by atoms with Crippen LogP contribution in [0.4, 0.5) is 0 Å².